The molecular weight excluding hydrogens is 534 g/mol. The molecule has 43 heavy (non-hydrogen) atoms. The molecule has 218 valence electrons. The van der Waals surface area contributed by atoms with Crippen molar-refractivity contribution in [3.05, 3.63) is 137 Å². The van der Waals surface area contributed by atoms with E-state index in [-0.39, 0.29) is 11.9 Å². The molecule has 0 aliphatic carbocycles. The maximum Gasteiger partial charge on any atom is 0.273 e. The van der Waals surface area contributed by atoms with Crippen molar-refractivity contribution in [1.29, 1.82) is 0 Å². The molecule has 6 nitrogen and oxygen atoms in total. The molecule has 1 atom stereocenters. The lowest BCUT2D eigenvalue weighted by Crippen LogP contribution is -2.32. The minimum absolute atomic E-state index is 0.00143. The van der Waals surface area contributed by atoms with E-state index in [1.165, 1.54) is 11.1 Å². The summed E-state index contributed by atoms with van der Waals surface area (Å²) in [6.45, 7) is 5.95. The van der Waals surface area contributed by atoms with Gasteiger partial charge in [-0.15, -0.1) is 0 Å². The molecule has 0 saturated heterocycles. The third-order valence-electron chi connectivity index (χ3n) is 7.94. The Morgan fingerprint density at radius 1 is 0.791 bits per heavy atom. The van der Waals surface area contributed by atoms with Gasteiger partial charge in [0.2, 0.25) is 0 Å². The van der Waals surface area contributed by atoms with Gasteiger partial charge in [0.15, 0.2) is 0 Å². The second-order valence-electron chi connectivity index (χ2n) is 11.1. The Balaban J connectivity index is 1.31. The zero-order chi connectivity index (χ0) is 29.8. The molecule has 6 heteroatoms. The summed E-state index contributed by atoms with van der Waals surface area (Å²) in [4.78, 5) is 16.0. The van der Waals surface area contributed by atoms with Crippen LogP contribution in [0.4, 0.5) is 0 Å². The molecule has 6 rings (SSSR count). The predicted octanol–water partition coefficient (Wildman–Crippen LogP) is 7.55. The van der Waals surface area contributed by atoms with Crippen molar-refractivity contribution in [1.82, 2.24) is 14.7 Å². The Bertz CT molecular complexity index is 1670. The van der Waals surface area contributed by atoms with E-state index in [1.54, 1.807) is 4.68 Å². The highest BCUT2D eigenvalue weighted by Gasteiger charge is 2.43. The average molecular weight is 572 g/mol. The number of rotatable bonds is 11. The minimum Gasteiger partial charge on any atom is -0.494 e. The van der Waals surface area contributed by atoms with Crippen LogP contribution in [0, 0.1) is 6.92 Å². The van der Waals surface area contributed by atoms with Crippen LogP contribution in [0.3, 0.4) is 0 Å². The Hall–Kier alpha value is -4.84. The molecule has 1 aliphatic heterocycles. The number of aromatic nitrogens is 2. The second kappa shape index (κ2) is 12.6. The molecule has 5 aromatic rings. The fraction of sp³-hybridized carbons (Fsp3) is 0.243. The number of carbonyl (C=O) groups is 1. The Labute approximate surface area is 253 Å². The number of carbonyl (C=O) groups excluding carboxylic acids is 1. The molecular formula is C37H37N3O3. The third kappa shape index (κ3) is 6.05. The molecule has 2 heterocycles. The lowest BCUT2D eigenvalue weighted by atomic mass is 9.95. The molecule has 1 amide bonds. The summed E-state index contributed by atoms with van der Waals surface area (Å²) in [6, 6.07) is 34.6. The van der Waals surface area contributed by atoms with Crippen LogP contribution in [0.5, 0.6) is 11.5 Å². The molecule has 0 spiro atoms. The Morgan fingerprint density at radius 3 is 2.16 bits per heavy atom. The maximum atomic E-state index is 14.0. The monoisotopic (exact) mass is 571 g/mol. The van der Waals surface area contributed by atoms with Gasteiger partial charge in [0.05, 0.1) is 18.3 Å². The highest BCUT2D eigenvalue weighted by molar-refractivity contribution is 6.00. The van der Waals surface area contributed by atoms with Crippen LogP contribution in [-0.4, -0.2) is 33.7 Å². The lowest BCUT2D eigenvalue weighted by molar-refractivity contribution is 0.0742. The number of ether oxygens (including phenoxy) is 2. The van der Waals surface area contributed by atoms with Crippen molar-refractivity contribution < 1.29 is 14.3 Å². The summed E-state index contributed by atoms with van der Waals surface area (Å²) in [5, 5.41) is 4.87. The number of amides is 1. The summed E-state index contributed by atoms with van der Waals surface area (Å²) in [5.74, 6) is 1.62. The first-order valence-electron chi connectivity index (χ1n) is 14.9. The number of benzene rings is 4. The van der Waals surface area contributed by atoms with Crippen molar-refractivity contribution >= 4 is 5.91 Å². The summed E-state index contributed by atoms with van der Waals surface area (Å²) in [7, 11) is 1.86. The van der Waals surface area contributed by atoms with E-state index in [2.05, 4.69) is 62.4 Å². The van der Waals surface area contributed by atoms with Gasteiger partial charge in [-0.2, -0.15) is 5.10 Å². The van der Waals surface area contributed by atoms with Gasteiger partial charge in [-0.25, -0.2) is 0 Å². The number of hydrogen-bond acceptors (Lipinski definition) is 4. The fourth-order valence-electron chi connectivity index (χ4n) is 5.67. The van der Waals surface area contributed by atoms with E-state index >= 15 is 0 Å². The molecule has 0 N–H and O–H groups in total. The normalized spacial score (nSPS) is 14.2. The van der Waals surface area contributed by atoms with Crippen LogP contribution in [0.2, 0.25) is 0 Å². The quantitative estimate of drug-likeness (QED) is 0.164. The van der Waals surface area contributed by atoms with Crippen LogP contribution < -0.4 is 9.47 Å². The van der Waals surface area contributed by atoms with E-state index in [9.17, 15) is 4.79 Å². The first-order chi connectivity index (χ1) is 21.0. The van der Waals surface area contributed by atoms with Gasteiger partial charge < -0.3 is 14.4 Å². The molecule has 1 unspecified atom stereocenters. The molecule has 1 aromatic heterocycles. The van der Waals surface area contributed by atoms with Crippen molar-refractivity contribution in [2.45, 2.75) is 39.3 Å². The van der Waals surface area contributed by atoms with Crippen LogP contribution in [0.1, 0.15) is 57.7 Å². The van der Waals surface area contributed by atoms with Gasteiger partial charge in [0.25, 0.3) is 5.91 Å². The van der Waals surface area contributed by atoms with E-state index in [0.29, 0.717) is 25.5 Å². The second-order valence-corrected chi connectivity index (χ2v) is 11.1. The van der Waals surface area contributed by atoms with Crippen LogP contribution in [0.15, 0.2) is 103 Å². The number of nitrogens with zero attached hydrogens (tertiary/aromatic N) is 3. The van der Waals surface area contributed by atoms with Crippen molar-refractivity contribution in [2.24, 2.45) is 7.05 Å². The van der Waals surface area contributed by atoms with Crippen molar-refractivity contribution in [3.8, 4) is 22.8 Å². The summed E-state index contributed by atoms with van der Waals surface area (Å²) in [6.07, 6.45) is 1.72. The van der Waals surface area contributed by atoms with Gasteiger partial charge in [-0.1, -0.05) is 79.2 Å². The van der Waals surface area contributed by atoms with E-state index in [0.717, 1.165) is 52.3 Å². The van der Waals surface area contributed by atoms with Gasteiger partial charge in [-0.3, -0.25) is 9.48 Å². The predicted molar refractivity (Wildman–Crippen MR) is 169 cm³/mol. The van der Waals surface area contributed by atoms with E-state index < -0.39 is 0 Å². The number of fused-ring (bicyclic) bond motifs is 1. The van der Waals surface area contributed by atoms with Crippen LogP contribution in [-0.2, 0) is 20.1 Å². The number of hydrogen-bond donors (Lipinski definition) is 0. The summed E-state index contributed by atoms with van der Waals surface area (Å²) in [5.41, 5.74) is 7.94. The van der Waals surface area contributed by atoms with Crippen molar-refractivity contribution in [2.75, 3.05) is 13.2 Å². The zero-order valence-electron chi connectivity index (χ0n) is 25.0. The first kappa shape index (κ1) is 28.3. The topological polar surface area (TPSA) is 56.6 Å². The molecule has 1 aliphatic rings. The smallest absolute Gasteiger partial charge is 0.273 e. The Kier molecular flexibility index (Phi) is 8.27. The SMILES string of the molecule is CCCOc1ccc(C2c3c(-c4ccc(OCc5ccc(C)cc5)cc4)nn(C)c3C(=O)N2CCc2ccccc2)cc1. The van der Waals surface area contributed by atoms with E-state index in [4.69, 9.17) is 14.6 Å². The van der Waals surface area contributed by atoms with Gasteiger partial charge in [0.1, 0.15) is 23.8 Å². The first-order valence-corrected chi connectivity index (χ1v) is 14.9. The molecule has 0 saturated carbocycles. The highest BCUT2D eigenvalue weighted by atomic mass is 16.5. The fourth-order valence-corrected chi connectivity index (χ4v) is 5.67. The number of aryl methyl sites for hydroxylation is 2. The standard InChI is InChI=1S/C37H37N3O3/c1-4-24-42-31-20-16-30(17-21-31)35-33-34(29-14-18-32(19-15-29)43-25-28-12-10-26(2)11-13-28)38-39(3)36(33)37(41)40(35)23-22-27-8-6-5-7-9-27/h5-21,35H,4,22-25H2,1-3H3. The Morgan fingerprint density at radius 2 is 1.47 bits per heavy atom. The van der Waals surface area contributed by atoms with Gasteiger partial charge in [0, 0.05) is 24.7 Å². The zero-order valence-corrected chi connectivity index (χ0v) is 25.0. The molecule has 0 bridgehead atoms. The summed E-state index contributed by atoms with van der Waals surface area (Å²) >= 11 is 0. The van der Waals surface area contributed by atoms with Gasteiger partial charge >= 0.3 is 0 Å². The minimum atomic E-state index is -0.257. The highest BCUT2D eigenvalue weighted by Crippen LogP contribution is 2.44. The largest absolute Gasteiger partial charge is 0.494 e. The van der Waals surface area contributed by atoms with E-state index in [1.807, 2.05) is 66.5 Å². The lowest BCUT2D eigenvalue weighted by Gasteiger charge is -2.27. The molecule has 0 fully saturated rings. The maximum absolute atomic E-state index is 14.0. The molecule has 0 radical (unpaired) electrons. The molecule has 4 aromatic carbocycles. The van der Waals surface area contributed by atoms with Crippen LogP contribution in [0.25, 0.3) is 11.3 Å². The summed E-state index contributed by atoms with van der Waals surface area (Å²) < 4.78 is 13.6. The van der Waals surface area contributed by atoms with Crippen LogP contribution >= 0.6 is 0 Å². The van der Waals surface area contributed by atoms with Crippen molar-refractivity contribution in [3.63, 3.8) is 0 Å². The third-order valence-corrected chi connectivity index (χ3v) is 7.94. The average Bonchev–Trinajstić information content (AvgIpc) is 3.53. The van der Waals surface area contributed by atoms with Gasteiger partial charge in [-0.05, 0) is 72.9 Å².